The van der Waals surface area contributed by atoms with Crippen LogP contribution >= 0.6 is 11.8 Å². The molecule has 0 aromatic heterocycles. The molecule has 0 saturated carbocycles. The summed E-state index contributed by atoms with van der Waals surface area (Å²) < 4.78 is 12.9. The van der Waals surface area contributed by atoms with Crippen molar-refractivity contribution in [1.82, 2.24) is 5.32 Å². The number of hydrogen-bond acceptors (Lipinski definition) is 4. The zero-order chi connectivity index (χ0) is 12.7. The third kappa shape index (κ3) is 4.74. The van der Waals surface area contributed by atoms with Crippen LogP contribution in [-0.4, -0.2) is 18.2 Å². The quantitative estimate of drug-likeness (QED) is 0.474. The molecule has 90 valence electrons. The Hall–Kier alpha value is -1.74. The van der Waals surface area contributed by atoms with Crippen molar-refractivity contribution in [2.45, 2.75) is 11.3 Å². The summed E-state index contributed by atoms with van der Waals surface area (Å²) in [5.41, 5.74) is 6.08. The van der Waals surface area contributed by atoms with E-state index < -0.39 is 0 Å². The Morgan fingerprint density at radius 1 is 1.59 bits per heavy atom. The van der Waals surface area contributed by atoms with Gasteiger partial charge in [0.05, 0.1) is 18.2 Å². The molecule has 0 spiro atoms. The fourth-order valence-corrected chi connectivity index (χ4v) is 1.90. The van der Waals surface area contributed by atoms with Crippen molar-refractivity contribution in [3.05, 3.63) is 24.0 Å². The summed E-state index contributed by atoms with van der Waals surface area (Å²) >= 11 is 1.17. The lowest BCUT2D eigenvalue weighted by molar-refractivity contribution is -0.118. The molecule has 0 bridgehead atoms. The summed E-state index contributed by atoms with van der Waals surface area (Å²) in [6.45, 7) is 0.328. The average molecular weight is 253 g/mol. The third-order valence-electron chi connectivity index (χ3n) is 1.89. The van der Waals surface area contributed by atoms with Crippen LogP contribution in [0.25, 0.3) is 0 Å². The highest BCUT2D eigenvalue weighted by Gasteiger charge is 2.05. The lowest BCUT2D eigenvalue weighted by atomic mass is 10.3. The van der Waals surface area contributed by atoms with Gasteiger partial charge in [-0.25, -0.2) is 4.39 Å². The first-order valence-corrected chi connectivity index (χ1v) is 5.93. The minimum atomic E-state index is -0.383. The maximum Gasteiger partial charge on any atom is 0.230 e. The minimum absolute atomic E-state index is 0.152. The summed E-state index contributed by atoms with van der Waals surface area (Å²) in [6.07, 6.45) is 0.276. The fourth-order valence-electron chi connectivity index (χ4n) is 1.09. The van der Waals surface area contributed by atoms with Crippen molar-refractivity contribution >= 4 is 23.4 Å². The van der Waals surface area contributed by atoms with Crippen LogP contribution in [0, 0.1) is 17.1 Å². The Labute approximate surface area is 103 Å². The number of nitrogens with zero attached hydrogens (tertiary/aromatic N) is 1. The lowest BCUT2D eigenvalue weighted by Gasteiger charge is -2.05. The molecule has 1 amide bonds. The Morgan fingerprint density at radius 3 is 3.06 bits per heavy atom. The van der Waals surface area contributed by atoms with Gasteiger partial charge in [0.15, 0.2) is 0 Å². The second kappa shape index (κ2) is 6.76. The number of amides is 1. The van der Waals surface area contributed by atoms with E-state index in [1.165, 1.54) is 30.0 Å². The number of nitriles is 1. The molecule has 0 unspecified atom stereocenters. The molecule has 0 heterocycles. The average Bonchev–Trinajstić information content (AvgIpc) is 2.31. The van der Waals surface area contributed by atoms with Crippen LogP contribution in [0.15, 0.2) is 23.1 Å². The largest absolute Gasteiger partial charge is 0.398 e. The zero-order valence-electron chi connectivity index (χ0n) is 9.07. The van der Waals surface area contributed by atoms with E-state index in [0.29, 0.717) is 17.1 Å². The second-order valence-corrected chi connectivity index (χ2v) is 4.25. The van der Waals surface area contributed by atoms with Gasteiger partial charge in [0.1, 0.15) is 5.82 Å². The molecule has 0 saturated heterocycles. The number of carbonyl (C=O) groups is 1. The first kappa shape index (κ1) is 13.3. The highest BCUT2D eigenvalue weighted by molar-refractivity contribution is 8.00. The molecule has 0 aliphatic carbocycles. The predicted octanol–water partition coefficient (Wildman–Crippen LogP) is 1.53. The summed E-state index contributed by atoms with van der Waals surface area (Å²) in [5, 5.41) is 10.9. The van der Waals surface area contributed by atoms with Gasteiger partial charge in [-0.2, -0.15) is 5.26 Å². The van der Waals surface area contributed by atoms with Crippen molar-refractivity contribution in [1.29, 1.82) is 5.26 Å². The van der Waals surface area contributed by atoms with Crippen LogP contribution < -0.4 is 11.1 Å². The molecule has 1 aromatic carbocycles. The molecule has 17 heavy (non-hydrogen) atoms. The normalized spacial score (nSPS) is 9.65. The van der Waals surface area contributed by atoms with Crippen LogP contribution in [0.2, 0.25) is 0 Å². The van der Waals surface area contributed by atoms with Crippen molar-refractivity contribution < 1.29 is 9.18 Å². The minimum Gasteiger partial charge on any atom is -0.398 e. The number of nitrogen functional groups attached to an aromatic ring is 1. The van der Waals surface area contributed by atoms with Crippen molar-refractivity contribution in [2.24, 2.45) is 0 Å². The Balaban J connectivity index is 2.42. The predicted molar refractivity (Wildman–Crippen MR) is 64.8 cm³/mol. The Kier molecular flexibility index (Phi) is 5.30. The topological polar surface area (TPSA) is 78.9 Å². The molecular weight excluding hydrogens is 241 g/mol. The van der Waals surface area contributed by atoms with Crippen molar-refractivity contribution in [3.63, 3.8) is 0 Å². The van der Waals surface area contributed by atoms with Gasteiger partial charge in [-0.1, -0.05) is 0 Å². The highest BCUT2D eigenvalue weighted by Crippen LogP contribution is 2.25. The first-order chi connectivity index (χ1) is 8.13. The van der Waals surface area contributed by atoms with Crippen LogP contribution in [0.1, 0.15) is 6.42 Å². The molecule has 6 heteroatoms. The zero-order valence-corrected chi connectivity index (χ0v) is 9.89. The molecule has 0 aliphatic rings. The molecule has 1 aromatic rings. The van der Waals surface area contributed by atoms with Crippen molar-refractivity contribution in [2.75, 3.05) is 18.0 Å². The molecular formula is C11H12FN3OS. The van der Waals surface area contributed by atoms with Crippen LogP contribution in [-0.2, 0) is 4.79 Å². The molecule has 1 rings (SSSR count). The van der Waals surface area contributed by atoms with Crippen LogP contribution in [0.5, 0.6) is 0 Å². The molecule has 4 nitrogen and oxygen atoms in total. The van der Waals surface area contributed by atoms with Gasteiger partial charge in [-0.3, -0.25) is 4.79 Å². The van der Waals surface area contributed by atoms with E-state index in [-0.39, 0.29) is 23.9 Å². The van der Waals surface area contributed by atoms with Crippen LogP contribution in [0.4, 0.5) is 10.1 Å². The first-order valence-electron chi connectivity index (χ1n) is 4.95. The number of benzene rings is 1. The SMILES string of the molecule is N#CCCNC(=O)CSc1cc(F)ccc1N. The monoisotopic (exact) mass is 253 g/mol. The van der Waals surface area contributed by atoms with E-state index in [4.69, 9.17) is 11.0 Å². The van der Waals surface area contributed by atoms with E-state index in [2.05, 4.69) is 5.32 Å². The molecule has 3 N–H and O–H groups in total. The van der Waals surface area contributed by atoms with E-state index in [1.54, 1.807) is 0 Å². The number of nitrogens with one attached hydrogen (secondary N) is 1. The van der Waals surface area contributed by atoms with Gasteiger partial charge in [0, 0.05) is 17.1 Å². The Morgan fingerprint density at radius 2 is 2.35 bits per heavy atom. The third-order valence-corrected chi connectivity index (χ3v) is 2.96. The standard InChI is InChI=1S/C11H12FN3OS/c12-8-2-3-9(14)10(6-8)17-7-11(16)15-5-1-4-13/h2-3,6H,1,5,7,14H2,(H,15,16). The molecule has 0 radical (unpaired) electrons. The van der Waals surface area contributed by atoms with Gasteiger partial charge >= 0.3 is 0 Å². The smallest absolute Gasteiger partial charge is 0.230 e. The summed E-state index contributed by atoms with van der Waals surface area (Å²) in [7, 11) is 0. The van der Waals surface area contributed by atoms with Gasteiger partial charge in [0.25, 0.3) is 0 Å². The number of thioether (sulfide) groups is 1. The maximum absolute atomic E-state index is 12.9. The van der Waals surface area contributed by atoms with Gasteiger partial charge in [0.2, 0.25) is 5.91 Å². The molecule has 0 fully saturated rings. The van der Waals surface area contributed by atoms with Gasteiger partial charge in [-0.05, 0) is 18.2 Å². The fraction of sp³-hybridized carbons (Fsp3) is 0.273. The maximum atomic E-state index is 12.9. The number of rotatable bonds is 5. The van der Waals surface area contributed by atoms with Gasteiger partial charge < -0.3 is 11.1 Å². The van der Waals surface area contributed by atoms with Crippen LogP contribution in [0.3, 0.4) is 0 Å². The number of halogens is 1. The van der Waals surface area contributed by atoms with Crippen molar-refractivity contribution in [3.8, 4) is 6.07 Å². The lowest BCUT2D eigenvalue weighted by Crippen LogP contribution is -2.25. The van der Waals surface area contributed by atoms with E-state index >= 15 is 0 Å². The number of hydrogen-bond donors (Lipinski definition) is 2. The number of anilines is 1. The van der Waals surface area contributed by atoms with E-state index in [0.717, 1.165) is 0 Å². The molecule has 0 atom stereocenters. The second-order valence-electron chi connectivity index (χ2n) is 3.23. The van der Waals surface area contributed by atoms with E-state index in [9.17, 15) is 9.18 Å². The number of nitrogens with two attached hydrogens (primary N) is 1. The summed E-state index contributed by atoms with van der Waals surface area (Å²) in [4.78, 5) is 11.9. The summed E-state index contributed by atoms with van der Waals surface area (Å²) in [6, 6.07) is 5.95. The highest BCUT2D eigenvalue weighted by atomic mass is 32.2. The Bertz CT molecular complexity index is 445. The molecule has 0 aliphatic heterocycles. The van der Waals surface area contributed by atoms with Gasteiger partial charge in [-0.15, -0.1) is 11.8 Å². The van der Waals surface area contributed by atoms with E-state index in [1.807, 2.05) is 6.07 Å². The number of carbonyl (C=O) groups excluding carboxylic acids is 1. The summed E-state index contributed by atoms with van der Waals surface area (Å²) in [5.74, 6) is -0.431.